The van der Waals surface area contributed by atoms with E-state index in [1.54, 1.807) is 27.9 Å². The number of rotatable bonds is 7. The molecule has 0 aliphatic carbocycles. The molecule has 0 radical (unpaired) electrons. The Hall–Kier alpha value is -3.92. The number of anilines is 2. The maximum Gasteiger partial charge on any atom is 0.361 e. The van der Waals surface area contributed by atoms with E-state index in [0.29, 0.717) is 46.1 Å². The molecule has 12 nitrogen and oxygen atoms in total. The number of carbonyl (C=O) groups excluding carboxylic acids is 1. The molecular formula is C26H38F3N9O3S. The van der Waals surface area contributed by atoms with E-state index in [1.165, 1.54) is 17.1 Å². The fraction of sp³-hybridized carbons (Fsp3) is 0.462. The predicted molar refractivity (Wildman–Crippen MR) is 159 cm³/mol. The normalized spacial score (nSPS) is 15.6. The lowest BCUT2D eigenvalue weighted by Gasteiger charge is -2.30. The van der Waals surface area contributed by atoms with Crippen LogP contribution in [0.15, 0.2) is 34.4 Å². The predicted octanol–water partition coefficient (Wildman–Crippen LogP) is 3.99. The highest BCUT2D eigenvalue weighted by atomic mass is 32.2. The van der Waals surface area contributed by atoms with Crippen molar-refractivity contribution in [1.82, 2.24) is 24.6 Å². The molecular weight excluding hydrogens is 575 g/mol. The number of aromatic nitrogens is 2. The van der Waals surface area contributed by atoms with Gasteiger partial charge >= 0.3 is 15.3 Å². The first-order valence-electron chi connectivity index (χ1n) is 13.7. The molecule has 1 aromatic carbocycles. The van der Waals surface area contributed by atoms with E-state index in [2.05, 4.69) is 25.8 Å². The molecule has 3 aliphatic rings. The van der Waals surface area contributed by atoms with Gasteiger partial charge in [0.1, 0.15) is 30.4 Å². The largest absolute Gasteiger partial charge is 0.361 e. The highest BCUT2D eigenvalue weighted by Crippen LogP contribution is 2.28. The number of hydrazine groups is 1. The smallest absolute Gasteiger partial charge is 0.347 e. The summed E-state index contributed by atoms with van der Waals surface area (Å²) in [6, 6.07) is 4.23. The number of amidine groups is 1. The Labute approximate surface area is 245 Å². The first-order chi connectivity index (χ1) is 20.0. The number of amides is 1. The van der Waals surface area contributed by atoms with Crippen molar-refractivity contribution in [3.05, 3.63) is 47.0 Å². The van der Waals surface area contributed by atoms with Crippen molar-refractivity contribution in [2.45, 2.75) is 59.8 Å². The number of hydrogen-bond donors (Lipinski definition) is 2. The van der Waals surface area contributed by atoms with Gasteiger partial charge in [-0.1, -0.05) is 40.7 Å². The quantitative estimate of drug-likeness (QED) is 0.484. The lowest BCUT2D eigenvalue weighted by atomic mass is 10.1. The van der Waals surface area contributed by atoms with Gasteiger partial charge in [-0.15, -0.1) is 0 Å². The molecule has 5 rings (SSSR count). The lowest BCUT2D eigenvalue weighted by molar-refractivity contribution is 0.0943. The van der Waals surface area contributed by atoms with E-state index in [4.69, 9.17) is 0 Å². The fourth-order valence-corrected chi connectivity index (χ4v) is 5.07. The molecule has 1 aromatic heterocycles. The average Bonchev–Trinajstić information content (AvgIpc) is 3.62. The van der Waals surface area contributed by atoms with Crippen LogP contribution < -0.4 is 20.8 Å². The van der Waals surface area contributed by atoms with Crippen LogP contribution in [0.3, 0.4) is 0 Å². The fourth-order valence-electron chi connectivity index (χ4n) is 4.17. The van der Waals surface area contributed by atoms with Crippen LogP contribution in [-0.4, -0.2) is 65.4 Å². The zero-order chi connectivity index (χ0) is 31.2. The summed E-state index contributed by atoms with van der Waals surface area (Å²) < 4.78 is 67.6. The molecule has 0 saturated carbocycles. The molecule has 1 amide bonds. The average molecular weight is 614 g/mol. The van der Waals surface area contributed by atoms with E-state index in [1.807, 2.05) is 34.6 Å². The molecule has 0 bridgehead atoms. The molecule has 2 aromatic rings. The maximum atomic E-state index is 14.9. The van der Waals surface area contributed by atoms with Gasteiger partial charge in [0.15, 0.2) is 0 Å². The zero-order valence-electron chi connectivity index (χ0n) is 24.4. The number of nitrogens with zero attached hydrogens (tertiary/aromatic N) is 7. The summed E-state index contributed by atoms with van der Waals surface area (Å²) in [5.74, 6) is 0.168. The van der Waals surface area contributed by atoms with Crippen LogP contribution >= 0.6 is 0 Å². The first kappa shape index (κ1) is 32.6. The molecule has 0 fully saturated rings. The zero-order valence-corrected chi connectivity index (χ0v) is 25.2. The highest BCUT2D eigenvalue weighted by molar-refractivity contribution is 7.90. The minimum atomic E-state index is -4.90. The summed E-state index contributed by atoms with van der Waals surface area (Å²) in [7, 11) is -4.90. The third-order valence-electron chi connectivity index (χ3n) is 6.14. The Kier molecular flexibility index (Phi) is 10.4. The highest BCUT2D eigenvalue weighted by Gasteiger charge is 2.44. The number of aliphatic imine (C=N–C) groups is 1. The third-order valence-corrected chi connectivity index (χ3v) is 7.94. The van der Waals surface area contributed by atoms with E-state index >= 15 is 0 Å². The van der Waals surface area contributed by atoms with Crippen molar-refractivity contribution in [3.63, 3.8) is 0 Å². The number of hydrogen-bond acceptors (Lipinski definition) is 9. The number of aryl methyl sites for hydroxylation is 1. The van der Waals surface area contributed by atoms with Crippen LogP contribution in [-0.2, 0) is 23.0 Å². The minimum Gasteiger partial charge on any atom is -0.347 e. The Balaban J connectivity index is 0.00000124. The molecule has 0 unspecified atom stereocenters. The van der Waals surface area contributed by atoms with Crippen molar-refractivity contribution in [1.29, 1.82) is 0 Å². The number of alkyl halides is 2. The molecule has 4 heterocycles. The van der Waals surface area contributed by atoms with E-state index in [0.717, 1.165) is 6.34 Å². The van der Waals surface area contributed by atoms with Crippen LogP contribution in [0.5, 0.6) is 0 Å². The molecule has 232 valence electrons. The molecule has 16 heteroatoms. The maximum absolute atomic E-state index is 14.9. The monoisotopic (exact) mass is 613 g/mol. The molecule has 0 atom stereocenters. The van der Waals surface area contributed by atoms with Gasteiger partial charge in [0.05, 0.1) is 24.5 Å². The number of carbonyl (C=O) groups is 1. The number of fused-ring (bicyclic) bond motifs is 3. The second-order valence-corrected chi connectivity index (χ2v) is 10.8. The Morgan fingerprint density at radius 1 is 1.19 bits per heavy atom. The van der Waals surface area contributed by atoms with Gasteiger partial charge in [0.2, 0.25) is 5.95 Å². The topological polar surface area (TPSA) is 128 Å². The van der Waals surface area contributed by atoms with Crippen molar-refractivity contribution in [2.24, 2.45) is 10.1 Å². The van der Waals surface area contributed by atoms with E-state index < -0.39 is 21.1 Å². The van der Waals surface area contributed by atoms with E-state index in [9.17, 15) is 26.4 Å². The Bertz CT molecular complexity index is 1490. The summed E-state index contributed by atoms with van der Waals surface area (Å²) >= 11 is 0. The van der Waals surface area contributed by atoms with Crippen molar-refractivity contribution < 1.29 is 27.8 Å². The number of imidazole rings is 1. The third kappa shape index (κ3) is 6.28. The van der Waals surface area contributed by atoms with Crippen LogP contribution in [0, 0.1) is 5.82 Å². The molecule has 0 spiro atoms. The summed E-state index contributed by atoms with van der Waals surface area (Å²) in [6.07, 6.45) is 4.75. The Morgan fingerprint density at radius 3 is 2.50 bits per heavy atom. The van der Waals surface area contributed by atoms with Crippen molar-refractivity contribution in [3.8, 4) is 0 Å². The molecule has 2 N–H and O–H groups in total. The number of benzene rings is 1. The summed E-state index contributed by atoms with van der Waals surface area (Å²) in [5.41, 5.74) is 4.54. The van der Waals surface area contributed by atoms with Gasteiger partial charge in [0, 0.05) is 21.1 Å². The number of sulfonamides is 1. The lowest BCUT2D eigenvalue weighted by Crippen LogP contribution is -2.46. The van der Waals surface area contributed by atoms with Gasteiger partial charge in [-0.2, -0.15) is 22.3 Å². The Morgan fingerprint density at radius 2 is 1.90 bits per heavy atom. The van der Waals surface area contributed by atoms with Crippen LogP contribution in [0.2, 0.25) is 0 Å². The van der Waals surface area contributed by atoms with Gasteiger partial charge in [-0.3, -0.25) is 18.7 Å². The van der Waals surface area contributed by atoms with Gasteiger partial charge in [-0.05, 0) is 30.2 Å². The SMILES string of the molecule is CC.CC.CCc1nc2n(c1C(=O)NCc1ccc(N3CCN(S(=O)(=O)C(C)(F)F)C=N3)c(F)c1)C=CC1=NCNN12.[HH]. The summed E-state index contributed by atoms with van der Waals surface area (Å²) in [6.45, 7) is 10.2. The number of nitrogens with one attached hydrogen (secondary N) is 2. The molecule has 0 saturated heterocycles. The molecule has 3 aliphatic heterocycles. The minimum absolute atomic E-state index is 0. The van der Waals surface area contributed by atoms with Crippen LogP contribution in [0.25, 0.3) is 6.20 Å². The van der Waals surface area contributed by atoms with Gasteiger partial charge < -0.3 is 5.32 Å². The van der Waals surface area contributed by atoms with Crippen LogP contribution in [0.1, 0.15) is 64.7 Å². The van der Waals surface area contributed by atoms with Crippen molar-refractivity contribution in [2.75, 3.05) is 29.8 Å². The summed E-state index contributed by atoms with van der Waals surface area (Å²) in [5, 5.41) is 5.53. The van der Waals surface area contributed by atoms with Crippen LogP contribution in [0.4, 0.5) is 24.8 Å². The van der Waals surface area contributed by atoms with Gasteiger partial charge in [0.25, 0.3) is 5.91 Å². The number of halogens is 3. The molecule has 42 heavy (non-hydrogen) atoms. The summed E-state index contributed by atoms with van der Waals surface area (Å²) in [4.78, 5) is 22.0. The van der Waals surface area contributed by atoms with Crippen molar-refractivity contribution >= 4 is 45.9 Å². The number of hydrazone groups is 1. The standard InChI is InChI=1S/C22H24F3N9O3S.2C2H6.H2/c1-3-16-19(32-7-6-18-27-12-28-34(18)21(32)30-16)20(35)26-11-14-4-5-17(15(23)10-14)33-9-8-31(13-29-33)38(36,37)22(2,24)25;2*1-2;/h4-7,10,13,28H,3,8-9,11-12H2,1-2H3,(H,26,35);2*1-2H3;1H. The van der Waals surface area contributed by atoms with E-state index in [-0.39, 0.29) is 39.6 Å². The second-order valence-electron chi connectivity index (χ2n) is 8.66. The van der Waals surface area contributed by atoms with Gasteiger partial charge in [-0.25, -0.2) is 24.8 Å². The second kappa shape index (κ2) is 13.4. The first-order valence-corrected chi connectivity index (χ1v) is 15.1.